The minimum atomic E-state index is 0.171. The number of pyridine rings is 1. The molecule has 2 rings (SSSR count). The van der Waals surface area contributed by atoms with E-state index < -0.39 is 0 Å². The number of carbonyl (C=O) groups excluding carboxylic acids is 1. The van der Waals surface area contributed by atoms with Gasteiger partial charge in [-0.25, -0.2) is 4.98 Å². The van der Waals surface area contributed by atoms with Crippen LogP contribution >= 0.6 is 11.3 Å². The predicted octanol–water partition coefficient (Wildman–Crippen LogP) is 2.48. The van der Waals surface area contributed by atoms with Crippen LogP contribution in [0.25, 0.3) is 0 Å². The largest absolute Gasteiger partial charge is 0.345 e. The average Bonchev–Trinajstić information content (AvgIpc) is 2.89. The van der Waals surface area contributed by atoms with Crippen LogP contribution < -0.4 is 0 Å². The van der Waals surface area contributed by atoms with Crippen LogP contribution in [0.15, 0.2) is 29.9 Å². The van der Waals surface area contributed by atoms with Crippen LogP contribution in [0.2, 0.25) is 0 Å². The zero-order valence-corrected chi connectivity index (χ0v) is 12.7. The highest BCUT2D eigenvalue weighted by Crippen LogP contribution is 2.10. The van der Waals surface area contributed by atoms with E-state index in [-0.39, 0.29) is 5.91 Å². The Hall–Kier alpha value is -1.75. The number of hydrogen-bond donors (Lipinski definition) is 0. The van der Waals surface area contributed by atoms with Gasteiger partial charge in [-0.1, -0.05) is 0 Å². The lowest BCUT2D eigenvalue weighted by atomic mass is 10.2. The summed E-state index contributed by atoms with van der Waals surface area (Å²) in [5, 5.41) is 3.08. The maximum Gasteiger partial charge on any atom is 0.222 e. The molecule has 0 aliphatic carbocycles. The summed E-state index contributed by atoms with van der Waals surface area (Å²) in [6.07, 6.45) is 5.67. The SMILES string of the molecule is Cc1nc(CCC(=O)N(C)CCc2ccncc2)cs1. The van der Waals surface area contributed by atoms with Crippen LogP contribution in [0.1, 0.15) is 22.7 Å². The van der Waals surface area contributed by atoms with Gasteiger partial charge in [0.05, 0.1) is 10.7 Å². The molecule has 0 spiro atoms. The molecular formula is C15H19N3OS. The Bertz CT molecular complexity index is 553. The van der Waals surface area contributed by atoms with Gasteiger partial charge in [0.1, 0.15) is 0 Å². The first-order chi connectivity index (χ1) is 9.65. The molecule has 0 bridgehead atoms. The molecule has 0 fully saturated rings. The van der Waals surface area contributed by atoms with Crippen LogP contribution in [0.3, 0.4) is 0 Å². The van der Waals surface area contributed by atoms with E-state index in [4.69, 9.17) is 0 Å². The number of nitrogens with zero attached hydrogens (tertiary/aromatic N) is 3. The Morgan fingerprint density at radius 1 is 1.30 bits per heavy atom. The van der Waals surface area contributed by atoms with Gasteiger partial charge in [-0.3, -0.25) is 9.78 Å². The number of hydrogen-bond acceptors (Lipinski definition) is 4. The van der Waals surface area contributed by atoms with Crippen LogP contribution in [0.5, 0.6) is 0 Å². The molecule has 2 aromatic heterocycles. The maximum absolute atomic E-state index is 12.0. The second-order valence-corrected chi connectivity index (χ2v) is 5.84. The molecule has 106 valence electrons. The van der Waals surface area contributed by atoms with Gasteiger partial charge >= 0.3 is 0 Å². The zero-order valence-electron chi connectivity index (χ0n) is 11.9. The second-order valence-electron chi connectivity index (χ2n) is 4.78. The Kier molecular flexibility index (Phi) is 5.24. The summed E-state index contributed by atoms with van der Waals surface area (Å²) < 4.78 is 0. The van der Waals surface area contributed by atoms with Crippen molar-refractivity contribution in [1.82, 2.24) is 14.9 Å². The van der Waals surface area contributed by atoms with Crippen molar-refractivity contribution in [1.29, 1.82) is 0 Å². The van der Waals surface area contributed by atoms with Gasteiger partial charge in [0.15, 0.2) is 0 Å². The molecule has 0 saturated heterocycles. The van der Waals surface area contributed by atoms with Crippen LogP contribution in [-0.4, -0.2) is 34.4 Å². The van der Waals surface area contributed by atoms with E-state index >= 15 is 0 Å². The van der Waals surface area contributed by atoms with Crippen molar-refractivity contribution in [2.75, 3.05) is 13.6 Å². The number of likely N-dealkylation sites (N-methyl/N-ethyl adjacent to an activating group) is 1. The van der Waals surface area contributed by atoms with Gasteiger partial charge in [-0.2, -0.15) is 0 Å². The first-order valence-corrected chi connectivity index (χ1v) is 7.57. The topological polar surface area (TPSA) is 46.1 Å². The molecule has 0 aliphatic rings. The van der Waals surface area contributed by atoms with Gasteiger partial charge in [0.2, 0.25) is 5.91 Å². The van der Waals surface area contributed by atoms with Crippen LogP contribution in [-0.2, 0) is 17.6 Å². The fraction of sp³-hybridized carbons (Fsp3) is 0.400. The standard InChI is InChI=1S/C15H19N3OS/c1-12-17-14(11-20-12)3-4-15(19)18(2)10-7-13-5-8-16-9-6-13/h5-6,8-9,11H,3-4,7,10H2,1-2H3. The van der Waals surface area contributed by atoms with Gasteiger partial charge in [-0.05, 0) is 37.5 Å². The Morgan fingerprint density at radius 3 is 2.70 bits per heavy atom. The molecule has 20 heavy (non-hydrogen) atoms. The lowest BCUT2D eigenvalue weighted by Crippen LogP contribution is -2.29. The Morgan fingerprint density at radius 2 is 2.05 bits per heavy atom. The molecule has 1 amide bonds. The van der Waals surface area contributed by atoms with E-state index in [9.17, 15) is 4.79 Å². The lowest BCUT2D eigenvalue weighted by molar-refractivity contribution is -0.129. The van der Waals surface area contributed by atoms with Crippen molar-refractivity contribution in [2.45, 2.75) is 26.2 Å². The van der Waals surface area contributed by atoms with Crippen molar-refractivity contribution < 1.29 is 4.79 Å². The number of rotatable bonds is 6. The normalized spacial score (nSPS) is 10.5. The molecule has 0 saturated carbocycles. The highest BCUT2D eigenvalue weighted by molar-refractivity contribution is 7.09. The van der Waals surface area contributed by atoms with E-state index in [1.165, 1.54) is 5.56 Å². The molecule has 0 atom stereocenters. The van der Waals surface area contributed by atoms with Crippen LogP contribution in [0.4, 0.5) is 0 Å². The minimum absolute atomic E-state index is 0.171. The lowest BCUT2D eigenvalue weighted by Gasteiger charge is -2.16. The monoisotopic (exact) mass is 289 g/mol. The highest BCUT2D eigenvalue weighted by atomic mass is 32.1. The molecule has 0 unspecified atom stereocenters. The van der Waals surface area contributed by atoms with E-state index in [1.54, 1.807) is 28.6 Å². The summed E-state index contributed by atoms with van der Waals surface area (Å²) in [6, 6.07) is 3.97. The first-order valence-electron chi connectivity index (χ1n) is 6.69. The van der Waals surface area contributed by atoms with Crippen molar-refractivity contribution in [3.8, 4) is 0 Å². The highest BCUT2D eigenvalue weighted by Gasteiger charge is 2.10. The Labute approximate surface area is 123 Å². The average molecular weight is 289 g/mol. The molecule has 2 heterocycles. The molecule has 0 radical (unpaired) electrons. The van der Waals surface area contributed by atoms with Gasteiger partial charge < -0.3 is 4.90 Å². The summed E-state index contributed by atoms with van der Waals surface area (Å²) in [7, 11) is 1.86. The fourth-order valence-electron chi connectivity index (χ4n) is 1.92. The van der Waals surface area contributed by atoms with E-state index in [0.717, 1.165) is 30.1 Å². The number of aromatic nitrogens is 2. The fourth-order valence-corrected chi connectivity index (χ4v) is 2.57. The second kappa shape index (κ2) is 7.14. The third-order valence-corrected chi connectivity index (χ3v) is 3.99. The summed E-state index contributed by atoms with van der Waals surface area (Å²) >= 11 is 1.63. The minimum Gasteiger partial charge on any atom is -0.345 e. The van der Waals surface area contributed by atoms with Crippen LogP contribution in [0, 0.1) is 6.92 Å². The number of amides is 1. The number of aryl methyl sites for hydroxylation is 2. The van der Waals surface area contributed by atoms with Gasteiger partial charge in [0.25, 0.3) is 0 Å². The Balaban J connectivity index is 1.74. The molecule has 4 nitrogen and oxygen atoms in total. The number of thiazole rings is 1. The smallest absolute Gasteiger partial charge is 0.222 e. The van der Waals surface area contributed by atoms with E-state index in [1.807, 2.05) is 31.5 Å². The van der Waals surface area contributed by atoms with Crippen molar-refractivity contribution in [3.63, 3.8) is 0 Å². The van der Waals surface area contributed by atoms with Gasteiger partial charge in [-0.15, -0.1) is 11.3 Å². The summed E-state index contributed by atoms with van der Waals surface area (Å²) in [5.74, 6) is 0.171. The van der Waals surface area contributed by atoms with Gasteiger partial charge in [0, 0.05) is 37.8 Å². The zero-order chi connectivity index (χ0) is 14.4. The molecule has 0 N–H and O–H groups in total. The molecule has 2 aromatic rings. The first kappa shape index (κ1) is 14.7. The summed E-state index contributed by atoms with van der Waals surface area (Å²) in [5.41, 5.74) is 2.22. The van der Waals surface area contributed by atoms with E-state index in [2.05, 4.69) is 9.97 Å². The molecule has 5 heteroatoms. The van der Waals surface area contributed by atoms with Crippen molar-refractivity contribution in [2.24, 2.45) is 0 Å². The van der Waals surface area contributed by atoms with E-state index in [0.29, 0.717) is 6.42 Å². The third-order valence-electron chi connectivity index (χ3n) is 3.17. The molecular weight excluding hydrogens is 270 g/mol. The van der Waals surface area contributed by atoms with Crippen molar-refractivity contribution in [3.05, 3.63) is 46.2 Å². The predicted molar refractivity (Wildman–Crippen MR) is 80.8 cm³/mol. The quantitative estimate of drug-likeness (QED) is 0.820. The van der Waals surface area contributed by atoms with Crippen molar-refractivity contribution >= 4 is 17.2 Å². The summed E-state index contributed by atoms with van der Waals surface area (Å²) in [4.78, 5) is 22.2. The molecule has 0 aromatic carbocycles. The summed E-state index contributed by atoms with van der Waals surface area (Å²) in [6.45, 7) is 2.72. The molecule has 0 aliphatic heterocycles. The number of carbonyl (C=O) groups is 1. The third kappa shape index (κ3) is 4.42. The maximum atomic E-state index is 12.0.